The number of nitrogens with one attached hydrogen (secondary N) is 1. The molecular formula is C27H29N3O4. The Hall–Kier alpha value is -4.00. The molecule has 2 aromatic carbocycles. The molecule has 0 aliphatic rings. The van der Waals surface area contributed by atoms with E-state index in [0.29, 0.717) is 18.9 Å². The molecule has 2 aromatic heterocycles. The number of ether oxygens (including phenoxy) is 2. The monoisotopic (exact) mass is 459 g/mol. The minimum atomic E-state index is -0.133. The first-order chi connectivity index (χ1) is 16.6. The van der Waals surface area contributed by atoms with Crippen LogP contribution >= 0.6 is 0 Å². The predicted molar refractivity (Wildman–Crippen MR) is 133 cm³/mol. The van der Waals surface area contributed by atoms with E-state index in [9.17, 15) is 4.79 Å². The van der Waals surface area contributed by atoms with Crippen molar-refractivity contribution in [1.82, 2.24) is 14.9 Å². The zero-order chi connectivity index (χ0) is 23.9. The number of benzene rings is 2. The van der Waals surface area contributed by atoms with E-state index in [0.717, 1.165) is 51.9 Å². The Kier molecular flexibility index (Phi) is 7.32. The number of carbonyl (C=O) groups excluding carboxylic acids is 1. The molecule has 0 atom stereocenters. The van der Waals surface area contributed by atoms with Crippen LogP contribution in [0.5, 0.6) is 11.5 Å². The van der Waals surface area contributed by atoms with Crippen molar-refractivity contribution in [3.8, 4) is 22.6 Å². The maximum absolute atomic E-state index is 12.5. The van der Waals surface area contributed by atoms with Gasteiger partial charge in [0.1, 0.15) is 17.1 Å². The van der Waals surface area contributed by atoms with Gasteiger partial charge in [-0.2, -0.15) is 0 Å². The molecular weight excluding hydrogens is 430 g/mol. The third-order valence-corrected chi connectivity index (χ3v) is 5.58. The van der Waals surface area contributed by atoms with E-state index in [1.165, 1.54) is 0 Å². The minimum Gasteiger partial charge on any atom is -0.497 e. The van der Waals surface area contributed by atoms with E-state index in [2.05, 4.69) is 10.3 Å². The fourth-order valence-electron chi connectivity index (χ4n) is 3.87. The first-order valence-corrected chi connectivity index (χ1v) is 11.3. The van der Waals surface area contributed by atoms with Gasteiger partial charge < -0.3 is 23.8 Å². The topological polar surface area (TPSA) is 78.5 Å². The zero-order valence-electron chi connectivity index (χ0n) is 19.7. The normalized spacial score (nSPS) is 11.6. The van der Waals surface area contributed by atoms with Gasteiger partial charge in [0.25, 0.3) is 0 Å². The summed E-state index contributed by atoms with van der Waals surface area (Å²) in [6, 6.07) is 11.8. The van der Waals surface area contributed by atoms with Crippen LogP contribution in [0.2, 0.25) is 0 Å². The van der Waals surface area contributed by atoms with Crippen LogP contribution < -0.4 is 14.8 Å². The fourth-order valence-corrected chi connectivity index (χ4v) is 3.87. The zero-order valence-corrected chi connectivity index (χ0v) is 19.7. The smallest absolute Gasteiger partial charge is 0.244 e. The first kappa shape index (κ1) is 23.2. The average Bonchev–Trinajstić information content (AvgIpc) is 3.51. The van der Waals surface area contributed by atoms with Crippen molar-refractivity contribution in [3.63, 3.8) is 0 Å². The summed E-state index contributed by atoms with van der Waals surface area (Å²) < 4.78 is 19.1. The standard InChI is InChI=1S/C27H29N3O4/c1-4-33-25-16-26-23(24(17-34-26)20-7-5-8-21(14-20)32-3)15-22(25)19(2)13-27(31)29-9-6-11-30-12-10-28-18-30/h5,7-8,10,12-18H,4,6,9,11H2,1-3H3,(H,29,31)/b19-13+. The lowest BCUT2D eigenvalue weighted by molar-refractivity contribution is -0.116. The molecule has 7 nitrogen and oxygen atoms in total. The van der Waals surface area contributed by atoms with Crippen molar-refractivity contribution in [1.29, 1.82) is 0 Å². The number of rotatable bonds is 10. The molecule has 7 heteroatoms. The Morgan fingerprint density at radius 3 is 2.91 bits per heavy atom. The van der Waals surface area contributed by atoms with Crippen LogP contribution in [0, 0.1) is 0 Å². The van der Waals surface area contributed by atoms with Gasteiger partial charge in [-0.25, -0.2) is 4.98 Å². The van der Waals surface area contributed by atoms with Gasteiger partial charge in [0, 0.05) is 54.1 Å². The van der Waals surface area contributed by atoms with Crippen molar-refractivity contribution >= 4 is 22.4 Å². The highest BCUT2D eigenvalue weighted by Crippen LogP contribution is 2.38. The van der Waals surface area contributed by atoms with Crippen LogP contribution in [0.25, 0.3) is 27.7 Å². The minimum absolute atomic E-state index is 0.133. The average molecular weight is 460 g/mol. The maximum Gasteiger partial charge on any atom is 0.244 e. The number of carbonyl (C=O) groups is 1. The molecule has 34 heavy (non-hydrogen) atoms. The van der Waals surface area contributed by atoms with Gasteiger partial charge in [-0.3, -0.25) is 4.79 Å². The summed E-state index contributed by atoms with van der Waals surface area (Å²) in [5.74, 6) is 1.33. The van der Waals surface area contributed by atoms with E-state index in [1.807, 2.05) is 61.0 Å². The highest BCUT2D eigenvalue weighted by molar-refractivity contribution is 6.00. The highest BCUT2D eigenvalue weighted by Gasteiger charge is 2.15. The SMILES string of the molecule is CCOc1cc2occ(-c3cccc(OC)c3)c2cc1/C(C)=C/C(=O)NCCCn1ccnc1. The number of hydrogen-bond donors (Lipinski definition) is 1. The fraction of sp³-hybridized carbons (Fsp3) is 0.259. The first-order valence-electron chi connectivity index (χ1n) is 11.3. The number of allylic oxidation sites excluding steroid dienone is 1. The molecule has 0 saturated heterocycles. The molecule has 4 aromatic rings. The van der Waals surface area contributed by atoms with Gasteiger partial charge >= 0.3 is 0 Å². The quantitative estimate of drug-likeness (QED) is 0.257. The van der Waals surface area contributed by atoms with Crippen molar-refractivity contribution in [2.24, 2.45) is 0 Å². The van der Waals surface area contributed by atoms with Gasteiger partial charge in [0.15, 0.2) is 0 Å². The molecule has 1 amide bonds. The van der Waals surface area contributed by atoms with Crippen LogP contribution in [0.4, 0.5) is 0 Å². The lowest BCUT2D eigenvalue weighted by atomic mass is 9.99. The van der Waals surface area contributed by atoms with E-state index >= 15 is 0 Å². The number of fused-ring (bicyclic) bond motifs is 1. The molecule has 0 aliphatic carbocycles. The van der Waals surface area contributed by atoms with Gasteiger partial charge in [-0.1, -0.05) is 12.1 Å². The van der Waals surface area contributed by atoms with Crippen LogP contribution in [0.15, 0.2) is 71.9 Å². The lowest BCUT2D eigenvalue weighted by Gasteiger charge is -2.12. The Bertz CT molecular complexity index is 1290. The highest BCUT2D eigenvalue weighted by atomic mass is 16.5. The Labute approximate surface area is 199 Å². The number of nitrogens with zero attached hydrogens (tertiary/aromatic N) is 2. The van der Waals surface area contributed by atoms with Crippen LogP contribution in [0.3, 0.4) is 0 Å². The lowest BCUT2D eigenvalue weighted by Crippen LogP contribution is -2.23. The number of furan rings is 1. The van der Waals surface area contributed by atoms with Crippen LogP contribution in [-0.4, -0.2) is 35.7 Å². The molecule has 0 saturated carbocycles. The summed E-state index contributed by atoms with van der Waals surface area (Å²) in [5, 5.41) is 3.90. The molecule has 4 rings (SSSR count). The number of amides is 1. The van der Waals surface area contributed by atoms with E-state index in [1.54, 1.807) is 32.0 Å². The predicted octanol–water partition coefficient (Wildman–Crippen LogP) is 5.31. The van der Waals surface area contributed by atoms with Crippen LogP contribution in [-0.2, 0) is 11.3 Å². The third kappa shape index (κ3) is 5.31. The number of imidazole rings is 1. The van der Waals surface area contributed by atoms with Gasteiger partial charge in [-0.05, 0) is 49.6 Å². The van der Waals surface area contributed by atoms with Crippen LogP contribution in [0.1, 0.15) is 25.8 Å². The number of aryl methyl sites for hydroxylation is 1. The number of methoxy groups -OCH3 is 1. The number of hydrogen-bond acceptors (Lipinski definition) is 5. The molecule has 0 unspecified atom stereocenters. The molecule has 0 aliphatic heterocycles. The summed E-state index contributed by atoms with van der Waals surface area (Å²) >= 11 is 0. The maximum atomic E-state index is 12.5. The molecule has 2 heterocycles. The van der Waals surface area contributed by atoms with Crippen molar-refractivity contribution in [3.05, 3.63) is 73.0 Å². The van der Waals surface area contributed by atoms with E-state index < -0.39 is 0 Å². The van der Waals surface area contributed by atoms with Crippen molar-refractivity contribution in [2.75, 3.05) is 20.3 Å². The summed E-state index contributed by atoms with van der Waals surface area (Å²) in [6.07, 6.45) is 9.61. The third-order valence-electron chi connectivity index (χ3n) is 5.58. The molecule has 0 fully saturated rings. The second-order valence-corrected chi connectivity index (χ2v) is 7.93. The Morgan fingerprint density at radius 2 is 2.15 bits per heavy atom. The summed E-state index contributed by atoms with van der Waals surface area (Å²) in [5.41, 5.74) is 4.34. The second-order valence-electron chi connectivity index (χ2n) is 7.93. The molecule has 0 radical (unpaired) electrons. The number of aromatic nitrogens is 2. The molecule has 0 spiro atoms. The second kappa shape index (κ2) is 10.7. The summed E-state index contributed by atoms with van der Waals surface area (Å²) in [4.78, 5) is 16.6. The van der Waals surface area contributed by atoms with Gasteiger partial charge in [0.05, 0.1) is 26.3 Å². The van der Waals surface area contributed by atoms with Gasteiger partial charge in [-0.15, -0.1) is 0 Å². The van der Waals surface area contributed by atoms with Gasteiger partial charge in [0.2, 0.25) is 5.91 Å². The summed E-state index contributed by atoms with van der Waals surface area (Å²) in [6.45, 7) is 5.75. The van der Waals surface area contributed by atoms with E-state index in [-0.39, 0.29) is 5.91 Å². The molecule has 1 N–H and O–H groups in total. The van der Waals surface area contributed by atoms with E-state index in [4.69, 9.17) is 13.9 Å². The molecule has 0 bridgehead atoms. The largest absolute Gasteiger partial charge is 0.497 e. The molecule has 176 valence electrons. The van der Waals surface area contributed by atoms with Crippen molar-refractivity contribution in [2.45, 2.75) is 26.8 Å². The Morgan fingerprint density at radius 1 is 1.26 bits per heavy atom. The Balaban J connectivity index is 1.57. The summed E-state index contributed by atoms with van der Waals surface area (Å²) in [7, 11) is 1.65. The van der Waals surface area contributed by atoms with Crippen molar-refractivity contribution < 1.29 is 18.7 Å².